The van der Waals surface area contributed by atoms with Crippen LogP contribution < -0.4 is 10.2 Å². The minimum absolute atomic E-state index is 0.00469. The van der Waals surface area contributed by atoms with Crippen molar-refractivity contribution in [1.82, 2.24) is 10.1 Å². The molecule has 1 N–H and O–H groups in total. The van der Waals surface area contributed by atoms with Crippen LogP contribution in [0.3, 0.4) is 0 Å². The standard InChI is InChI=1S/C17H22N4O2/c1-12(17-19-16(20-23-17)13-5-6-13)18-14-3-2-4-15(11-14)21-7-9-22-10-8-21/h2-4,11-13,18H,5-10H2,1H3. The minimum Gasteiger partial charge on any atom is -0.378 e. The van der Waals surface area contributed by atoms with Crippen LogP contribution in [-0.2, 0) is 4.74 Å². The van der Waals surface area contributed by atoms with Gasteiger partial charge in [0.1, 0.15) is 6.04 Å². The lowest BCUT2D eigenvalue weighted by Crippen LogP contribution is -2.36. The first-order chi connectivity index (χ1) is 11.3. The average molecular weight is 314 g/mol. The van der Waals surface area contributed by atoms with Crippen LogP contribution in [0.5, 0.6) is 0 Å². The Hall–Kier alpha value is -2.08. The van der Waals surface area contributed by atoms with E-state index in [1.54, 1.807) is 0 Å². The van der Waals surface area contributed by atoms with Crippen molar-refractivity contribution in [3.63, 3.8) is 0 Å². The molecule has 2 aromatic rings. The van der Waals surface area contributed by atoms with Gasteiger partial charge in [-0.2, -0.15) is 4.98 Å². The number of rotatable bonds is 5. The van der Waals surface area contributed by atoms with Crippen LogP contribution in [0.1, 0.15) is 43.4 Å². The first kappa shape index (κ1) is 14.5. The Labute approximate surface area is 135 Å². The van der Waals surface area contributed by atoms with E-state index >= 15 is 0 Å². The van der Waals surface area contributed by atoms with Gasteiger partial charge in [0, 0.05) is 30.4 Å². The van der Waals surface area contributed by atoms with Gasteiger partial charge in [-0.1, -0.05) is 11.2 Å². The number of hydrogen-bond acceptors (Lipinski definition) is 6. The fourth-order valence-corrected chi connectivity index (χ4v) is 2.86. The number of anilines is 2. The van der Waals surface area contributed by atoms with Gasteiger partial charge in [-0.15, -0.1) is 0 Å². The molecule has 2 heterocycles. The molecule has 1 unspecified atom stereocenters. The van der Waals surface area contributed by atoms with Gasteiger partial charge in [0.2, 0.25) is 5.89 Å². The van der Waals surface area contributed by atoms with Gasteiger partial charge in [0.05, 0.1) is 13.2 Å². The number of hydrogen-bond donors (Lipinski definition) is 1. The normalized spacial score (nSPS) is 19.6. The monoisotopic (exact) mass is 314 g/mol. The second-order valence-corrected chi connectivity index (χ2v) is 6.28. The molecule has 1 aromatic heterocycles. The first-order valence-electron chi connectivity index (χ1n) is 8.32. The topological polar surface area (TPSA) is 63.4 Å². The summed E-state index contributed by atoms with van der Waals surface area (Å²) in [6.07, 6.45) is 2.37. The third-order valence-corrected chi connectivity index (χ3v) is 4.38. The van der Waals surface area contributed by atoms with Crippen molar-refractivity contribution in [2.24, 2.45) is 0 Å². The Kier molecular flexibility index (Phi) is 3.91. The van der Waals surface area contributed by atoms with E-state index < -0.39 is 0 Å². The predicted molar refractivity (Wildman–Crippen MR) is 87.8 cm³/mol. The summed E-state index contributed by atoms with van der Waals surface area (Å²) in [4.78, 5) is 6.86. The number of morpholine rings is 1. The van der Waals surface area contributed by atoms with Crippen molar-refractivity contribution in [1.29, 1.82) is 0 Å². The lowest BCUT2D eigenvalue weighted by molar-refractivity contribution is 0.122. The molecular formula is C17H22N4O2. The molecule has 0 radical (unpaired) electrons. The summed E-state index contributed by atoms with van der Waals surface area (Å²) in [6.45, 7) is 5.51. The molecule has 1 saturated heterocycles. The van der Waals surface area contributed by atoms with E-state index in [9.17, 15) is 0 Å². The zero-order chi connectivity index (χ0) is 15.6. The smallest absolute Gasteiger partial charge is 0.248 e. The summed E-state index contributed by atoms with van der Waals surface area (Å²) < 4.78 is 10.8. The van der Waals surface area contributed by atoms with Crippen LogP contribution in [0, 0.1) is 0 Å². The quantitative estimate of drug-likeness (QED) is 0.915. The number of nitrogens with one attached hydrogen (secondary N) is 1. The fraction of sp³-hybridized carbons (Fsp3) is 0.529. The maximum Gasteiger partial charge on any atom is 0.248 e. The van der Waals surface area contributed by atoms with E-state index in [1.807, 2.05) is 6.92 Å². The zero-order valence-electron chi connectivity index (χ0n) is 13.4. The third-order valence-electron chi connectivity index (χ3n) is 4.38. The number of ether oxygens (including phenoxy) is 1. The van der Waals surface area contributed by atoms with Crippen LogP contribution in [0.15, 0.2) is 28.8 Å². The molecule has 4 rings (SSSR count). The molecule has 1 aliphatic heterocycles. The fourth-order valence-electron chi connectivity index (χ4n) is 2.86. The van der Waals surface area contributed by atoms with E-state index in [-0.39, 0.29) is 6.04 Å². The molecule has 2 aliphatic rings. The highest BCUT2D eigenvalue weighted by atomic mass is 16.5. The summed E-state index contributed by atoms with van der Waals surface area (Å²) in [7, 11) is 0. The van der Waals surface area contributed by atoms with Crippen LogP contribution in [0.2, 0.25) is 0 Å². The van der Waals surface area contributed by atoms with Crippen molar-refractivity contribution in [2.75, 3.05) is 36.5 Å². The van der Waals surface area contributed by atoms with Gasteiger partial charge in [-0.3, -0.25) is 0 Å². The second-order valence-electron chi connectivity index (χ2n) is 6.28. The molecule has 6 nitrogen and oxygen atoms in total. The van der Waals surface area contributed by atoms with E-state index in [4.69, 9.17) is 9.26 Å². The summed E-state index contributed by atoms with van der Waals surface area (Å²) in [6, 6.07) is 8.44. The van der Waals surface area contributed by atoms with E-state index in [0.29, 0.717) is 11.8 Å². The van der Waals surface area contributed by atoms with Crippen molar-refractivity contribution in [3.05, 3.63) is 36.0 Å². The lowest BCUT2D eigenvalue weighted by Gasteiger charge is -2.29. The van der Waals surface area contributed by atoms with Crippen LogP contribution >= 0.6 is 0 Å². The molecule has 1 aliphatic carbocycles. The molecule has 1 atom stereocenters. The maximum atomic E-state index is 5.42. The van der Waals surface area contributed by atoms with Crippen molar-refractivity contribution < 1.29 is 9.26 Å². The largest absolute Gasteiger partial charge is 0.378 e. The molecule has 1 saturated carbocycles. The van der Waals surface area contributed by atoms with Gasteiger partial charge in [-0.05, 0) is 38.0 Å². The van der Waals surface area contributed by atoms with E-state index in [1.165, 1.54) is 18.5 Å². The third kappa shape index (κ3) is 3.32. The van der Waals surface area contributed by atoms with E-state index in [0.717, 1.165) is 37.8 Å². The second kappa shape index (κ2) is 6.20. The highest BCUT2D eigenvalue weighted by Gasteiger charge is 2.29. The molecule has 0 bridgehead atoms. The van der Waals surface area contributed by atoms with Crippen LogP contribution in [0.4, 0.5) is 11.4 Å². The van der Waals surface area contributed by atoms with Gasteiger partial charge in [0.15, 0.2) is 5.82 Å². The highest BCUT2D eigenvalue weighted by molar-refractivity contribution is 5.58. The lowest BCUT2D eigenvalue weighted by atomic mass is 10.2. The highest BCUT2D eigenvalue weighted by Crippen LogP contribution is 2.38. The Bertz CT molecular complexity index is 662. The van der Waals surface area contributed by atoms with Gasteiger partial charge < -0.3 is 19.5 Å². The first-order valence-corrected chi connectivity index (χ1v) is 8.32. The Morgan fingerprint density at radius 2 is 2.09 bits per heavy atom. The maximum absolute atomic E-state index is 5.42. The summed E-state index contributed by atoms with van der Waals surface area (Å²) in [5, 5.41) is 7.54. The number of nitrogens with zero attached hydrogens (tertiary/aromatic N) is 3. The minimum atomic E-state index is -0.00469. The molecule has 0 amide bonds. The van der Waals surface area contributed by atoms with Crippen LogP contribution in [-0.4, -0.2) is 36.4 Å². The molecule has 122 valence electrons. The Balaban J connectivity index is 1.44. The zero-order valence-corrected chi connectivity index (χ0v) is 13.4. The average Bonchev–Trinajstić information content (AvgIpc) is 3.33. The molecule has 1 aromatic carbocycles. The van der Waals surface area contributed by atoms with Crippen molar-refractivity contribution >= 4 is 11.4 Å². The molecule has 6 heteroatoms. The summed E-state index contributed by atoms with van der Waals surface area (Å²) >= 11 is 0. The summed E-state index contributed by atoms with van der Waals surface area (Å²) in [5.74, 6) is 2.03. The van der Waals surface area contributed by atoms with Gasteiger partial charge in [-0.25, -0.2) is 0 Å². The van der Waals surface area contributed by atoms with E-state index in [2.05, 4.69) is 44.6 Å². The molecule has 23 heavy (non-hydrogen) atoms. The molecule has 2 fully saturated rings. The van der Waals surface area contributed by atoms with Crippen molar-refractivity contribution in [2.45, 2.75) is 31.7 Å². The van der Waals surface area contributed by atoms with Gasteiger partial charge >= 0.3 is 0 Å². The SMILES string of the molecule is CC(Nc1cccc(N2CCOCC2)c1)c1nc(C2CC2)no1. The summed E-state index contributed by atoms with van der Waals surface area (Å²) in [5.41, 5.74) is 2.28. The Morgan fingerprint density at radius 1 is 1.26 bits per heavy atom. The molecule has 0 spiro atoms. The number of aromatic nitrogens is 2. The predicted octanol–water partition coefficient (Wildman–Crippen LogP) is 2.96. The number of benzene rings is 1. The Morgan fingerprint density at radius 3 is 2.87 bits per heavy atom. The van der Waals surface area contributed by atoms with Crippen molar-refractivity contribution in [3.8, 4) is 0 Å². The molecular weight excluding hydrogens is 292 g/mol. The van der Waals surface area contributed by atoms with Gasteiger partial charge in [0.25, 0.3) is 0 Å². The van der Waals surface area contributed by atoms with Crippen LogP contribution in [0.25, 0.3) is 0 Å².